The summed E-state index contributed by atoms with van der Waals surface area (Å²) in [5.41, 5.74) is 5.55. The lowest BCUT2D eigenvalue weighted by Gasteiger charge is -2.32. The second kappa shape index (κ2) is 3.57. The van der Waals surface area contributed by atoms with Gasteiger partial charge in [0.15, 0.2) is 0 Å². The smallest absolute Gasteiger partial charge is 0.314 e. The highest BCUT2D eigenvalue weighted by molar-refractivity contribution is 5.74. The molecule has 0 bridgehead atoms. The molecule has 11 heavy (non-hydrogen) atoms. The van der Waals surface area contributed by atoms with E-state index < -0.39 is 0 Å². The Kier molecular flexibility index (Phi) is 2.70. The third-order valence-electron chi connectivity index (χ3n) is 1.85. The quantitative estimate of drug-likeness (QED) is 0.519. The van der Waals surface area contributed by atoms with Gasteiger partial charge in [0.05, 0.1) is 0 Å². The highest BCUT2D eigenvalue weighted by Gasteiger charge is 2.26. The fraction of sp³-hybridized carbons (Fsp3) is 0.857. The van der Waals surface area contributed by atoms with Crippen LogP contribution in [0.3, 0.4) is 0 Å². The van der Waals surface area contributed by atoms with Crippen molar-refractivity contribution in [2.45, 2.75) is 31.8 Å². The van der Waals surface area contributed by atoms with E-state index in [-0.39, 0.29) is 6.03 Å². The van der Waals surface area contributed by atoms with Gasteiger partial charge in [-0.25, -0.2) is 4.79 Å². The molecule has 0 aliphatic heterocycles. The van der Waals surface area contributed by atoms with Gasteiger partial charge in [0, 0.05) is 18.6 Å². The Balaban J connectivity index is 2.07. The molecule has 1 aliphatic carbocycles. The Hall–Kier alpha value is -0.770. The molecule has 1 fully saturated rings. The molecule has 64 valence electrons. The van der Waals surface area contributed by atoms with Crippen LogP contribution in [-0.4, -0.2) is 24.7 Å². The fourth-order valence-electron chi connectivity index (χ4n) is 1.18. The highest BCUT2D eigenvalue weighted by atomic mass is 16.2. The summed E-state index contributed by atoms with van der Waals surface area (Å²) in [5.74, 6) is 0. The van der Waals surface area contributed by atoms with E-state index in [2.05, 4.69) is 10.6 Å². The number of nitrogens with two attached hydrogens (primary N) is 1. The van der Waals surface area contributed by atoms with Crippen LogP contribution in [0.5, 0.6) is 0 Å². The second-order valence-electron chi connectivity index (χ2n) is 2.93. The van der Waals surface area contributed by atoms with E-state index in [4.69, 9.17) is 5.73 Å². The zero-order valence-corrected chi connectivity index (χ0v) is 6.76. The van der Waals surface area contributed by atoms with Gasteiger partial charge in [0.1, 0.15) is 0 Å². The summed E-state index contributed by atoms with van der Waals surface area (Å²) in [6, 6.07) is 0.517. The molecule has 0 saturated heterocycles. The molecular weight excluding hydrogens is 142 g/mol. The Morgan fingerprint density at radius 1 is 1.64 bits per heavy atom. The van der Waals surface area contributed by atoms with Gasteiger partial charge in [-0.15, -0.1) is 0 Å². The summed E-state index contributed by atoms with van der Waals surface area (Å²) in [4.78, 5) is 10.9. The minimum atomic E-state index is -0.0793. The molecule has 2 amide bonds. The maximum absolute atomic E-state index is 10.9. The summed E-state index contributed by atoms with van der Waals surface area (Å²) in [5, 5.41) is 5.49. The first-order chi connectivity index (χ1) is 5.22. The molecule has 1 aliphatic rings. The molecule has 0 unspecified atom stereocenters. The number of amides is 2. The topological polar surface area (TPSA) is 67.2 Å². The van der Waals surface area contributed by atoms with Crippen molar-refractivity contribution < 1.29 is 4.79 Å². The molecule has 0 heterocycles. The van der Waals surface area contributed by atoms with Gasteiger partial charge in [-0.3, -0.25) is 0 Å². The number of nitrogens with one attached hydrogen (secondary N) is 2. The summed E-state index contributed by atoms with van der Waals surface area (Å²) in [6.07, 6.45) is 1.83. The van der Waals surface area contributed by atoms with Crippen LogP contribution in [0.15, 0.2) is 0 Å². The average Bonchev–Trinajstić information content (AvgIpc) is 1.85. The van der Waals surface area contributed by atoms with Crippen LogP contribution in [0.1, 0.15) is 19.8 Å². The molecule has 0 aromatic carbocycles. The average molecular weight is 157 g/mol. The minimum absolute atomic E-state index is 0.0793. The van der Waals surface area contributed by atoms with Crippen molar-refractivity contribution in [3.8, 4) is 0 Å². The monoisotopic (exact) mass is 157 g/mol. The second-order valence-corrected chi connectivity index (χ2v) is 2.93. The highest BCUT2D eigenvalue weighted by Crippen LogP contribution is 2.16. The van der Waals surface area contributed by atoms with Crippen LogP contribution >= 0.6 is 0 Å². The predicted octanol–water partition coefficient (Wildman–Crippen LogP) is -0.205. The fourth-order valence-corrected chi connectivity index (χ4v) is 1.18. The van der Waals surface area contributed by atoms with E-state index >= 15 is 0 Å². The van der Waals surface area contributed by atoms with E-state index in [9.17, 15) is 4.79 Å². The normalized spacial score (nSPS) is 28.9. The Morgan fingerprint density at radius 2 is 2.27 bits per heavy atom. The van der Waals surface area contributed by atoms with Crippen molar-refractivity contribution in [3.63, 3.8) is 0 Å². The molecule has 1 saturated carbocycles. The minimum Gasteiger partial charge on any atom is -0.338 e. The summed E-state index contributed by atoms with van der Waals surface area (Å²) >= 11 is 0. The maximum Gasteiger partial charge on any atom is 0.314 e. The number of rotatable bonds is 2. The van der Waals surface area contributed by atoms with Crippen molar-refractivity contribution in [1.29, 1.82) is 0 Å². The lowest BCUT2D eigenvalue weighted by Crippen LogP contribution is -2.52. The lowest BCUT2D eigenvalue weighted by atomic mass is 9.88. The molecule has 0 aromatic heterocycles. The van der Waals surface area contributed by atoms with E-state index in [0.717, 1.165) is 12.8 Å². The first kappa shape index (κ1) is 8.33. The van der Waals surface area contributed by atoms with Gasteiger partial charge < -0.3 is 16.4 Å². The van der Waals surface area contributed by atoms with E-state index in [1.165, 1.54) is 0 Å². The summed E-state index contributed by atoms with van der Waals surface area (Å²) in [6.45, 7) is 2.57. The van der Waals surface area contributed by atoms with E-state index in [1.807, 2.05) is 6.92 Å². The van der Waals surface area contributed by atoms with Crippen LogP contribution in [0, 0.1) is 0 Å². The third kappa shape index (κ3) is 2.38. The van der Waals surface area contributed by atoms with Crippen molar-refractivity contribution in [1.82, 2.24) is 10.6 Å². The molecule has 0 spiro atoms. The number of carbonyl (C=O) groups is 1. The van der Waals surface area contributed by atoms with Gasteiger partial charge in [0.25, 0.3) is 0 Å². The maximum atomic E-state index is 10.9. The molecule has 0 aromatic rings. The van der Waals surface area contributed by atoms with Gasteiger partial charge in [-0.1, -0.05) is 0 Å². The van der Waals surface area contributed by atoms with Crippen LogP contribution < -0.4 is 16.4 Å². The van der Waals surface area contributed by atoms with Gasteiger partial charge in [-0.2, -0.15) is 0 Å². The standard InChI is InChI=1S/C7H15N3O/c1-2-9-7(11)10-6-3-5(8)4-6/h5-6H,2-4,8H2,1H3,(H2,9,10,11). The Bertz CT molecular complexity index is 143. The molecule has 1 rings (SSSR count). The van der Waals surface area contributed by atoms with Gasteiger partial charge >= 0.3 is 6.03 Å². The van der Waals surface area contributed by atoms with Crippen LogP contribution in [0.2, 0.25) is 0 Å². The third-order valence-corrected chi connectivity index (χ3v) is 1.85. The molecule has 0 radical (unpaired) electrons. The number of hydrogen-bond acceptors (Lipinski definition) is 2. The first-order valence-electron chi connectivity index (χ1n) is 4.02. The summed E-state index contributed by atoms with van der Waals surface area (Å²) < 4.78 is 0. The number of urea groups is 1. The molecule has 4 N–H and O–H groups in total. The molecular formula is C7H15N3O. The SMILES string of the molecule is CCNC(=O)NC1CC(N)C1. The molecule has 4 nitrogen and oxygen atoms in total. The van der Waals surface area contributed by atoms with E-state index in [1.54, 1.807) is 0 Å². The Morgan fingerprint density at radius 3 is 2.73 bits per heavy atom. The zero-order chi connectivity index (χ0) is 8.27. The van der Waals surface area contributed by atoms with Gasteiger partial charge in [-0.05, 0) is 19.8 Å². The van der Waals surface area contributed by atoms with E-state index in [0.29, 0.717) is 18.6 Å². The first-order valence-corrected chi connectivity index (χ1v) is 4.02. The molecule has 0 atom stereocenters. The Labute approximate surface area is 66.5 Å². The van der Waals surface area contributed by atoms with Crippen LogP contribution in [0.4, 0.5) is 4.79 Å². The number of hydrogen-bond donors (Lipinski definition) is 3. The number of carbonyl (C=O) groups excluding carboxylic acids is 1. The predicted molar refractivity (Wildman–Crippen MR) is 43.2 cm³/mol. The largest absolute Gasteiger partial charge is 0.338 e. The van der Waals surface area contributed by atoms with Crippen molar-refractivity contribution in [2.75, 3.05) is 6.54 Å². The van der Waals surface area contributed by atoms with Crippen LogP contribution in [0.25, 0.3) is 0 Å². The van der Waals surface area contributed by atoms with Crippen molar-refractivity contribution >= 4 is 6.03 Å². The molecule has 4 heteroatoms. The van der Waals surface area contributed by atoms with Crippen LogP contribution in [-0.2, 0) is 0 Å². The van der Waals surface area contributed by atoms with Crippen molar-refractivity contribution in [3.05, 3.63) is 0 Å². The lowest BCUT2D eigenvalue weighted by molar-refractivity contribution is 0.223. The summed E-state index contributed by atoms with van der Waals surface area (Å²) in [7, 11) is 0. The zero-order valence-electron chi connectivity index (χ0n) is 6.76. The van der Waals surface area contributed by atoms with Gasteiger partial charge in [0.2, 0.25) is 0 Å². The van der Waals surface area contributed by atoms with Crippen molar-refractivity contribution in [2.24, 2.45) is 5.73 Å².